The molecule has 7 nitrogen and oxygen atoms in total. The summed E-state index contributed by atoms with van der Waals surface area (Å²) in [4.78, 5) is 22.5. The van der Waals surface area contributed by atoms with E-state index in [1.54, 1.807) is 12.1 Å². The van der Waals surface area contributed by atoms with Crippen molar-refractivity contribution in [3.63, 3.8) is 0 Å². The molecule has 7 heteroatoms. The predicted molar refractivity (Wildman–Crippen MR) is 93.5 cm³/mol. The van der Waals surface area contributed by atoms with Crippen molar-refractivity contribution in [1.29, 1.82) is 0 Å². The van der Waals surface area contributed by atoms with Gasteiger partial charge in [0, 0.05) is 31.3 Å². The molecule has 0 bridgehead atoms. The number of nitro benzene ring substituents is 1. The number of ether oxygens (including phenoxy) is 1. The van der Waals surface area contributed by atoms with Crippen LogP contribution in [0.25, 0.3) is 0 Å². The van der Waals surface area contributed by atoms with Gasteiger partial charge in [0.25, 0.3) is 5.69 Å². The largest absolute Gasteiger partial charge is 0.375 e. The van der Waals surface area contributed by atoms with E-state index in [1.807, 2.05) is 6.07 Å². The monoisotopic (exact) mass is 347 g/mol. The number of benzene rings is 1. The number of nitrogens with one attached hydrogen (secondary N) is 2. The van der Waals surface area contributed by atoms with Crippen LogP contribution in [-0.2, 0) is 11.2 Å². The van der Waals surface area contributed by atoms with Gasteiger partial charge in [0.1, 0.15) is 0 Å². The van der Waals surface area contributed by atoms with Crippen LogP contribution in [-0.4, -0.2) is 35.7 Å². The molecule has 1 heterocycles. The molecule has 3 rings (SSSR count). The summed E-state index contributed by atoms with van der Waals surface area (Å²) < 4.78 is 5.98. The van der Waals surface area contributed by atoms with Crippen molar-refractivity contribution in [3.8, 4) is 0 Å². The van der Waals surface area contributed by atoms with Crippen LogP contribution in [0.4, 0.5) is 10.5 Å². The normalized spacial score (nSPS) is 21.8. The summed E-state index contributed by atoms with van der Waals surface area (Å²) in [7, 11) is 0. The Balaban J connectivity index is 1.42. The van der Waals surface area contributed by atoms with Crippen molar-refractivity contribution in [2.45, 2.75) is 56.6 Å². The molecule has 0 radical (unpaired) electrons. The van der Waals surface area contributed by atoms with Crippen LogP contribution in [0.2, 0.25) is 0 Å². The molecule has 1 spiro atoms. The second-order valence-electron chi connectivity index (χ2n) is 7.01. The maximum atomic E-state index is 12.1. The molecule has 1 aliphatic carbocycles. The summed E-state index contributed by atoms with van der Waals surface area (Å²) in [5.74, 6) is 0. The summed E-state index contributed by atoms with van der Waals surface area (Å²) in [5.41, 5.74) is 0.899. The van der Waals surface area contributed by atoms with Crippen molar-refractivity contribution < 1.29 is 14.5 Å². The summed E-state index contributed by atoms with van der Waals surface area (Å²) in [6.45, 7) is 1.15. The molecule has 2 aliphatic rings. The van der Waals surface area contributed by atoms with Gasteiger partial charge in [-0.2, -0.15) is 0 Å². The smallest absolute Gasteiger partial charge is 0.315 e. The van der Waals surface area contributed by atoms with Crippen molar-refractivity contribution in [3.05, 3.63) is 39.9 Å². The maximum Gasteiger partial charge on any atom is 0.315 e. The molecule has 0 aromatic heterocycles. The van der Waals surface area contributed by atoms with Gasteiger partial charge in [0.05, 0.1) is 10.5 Å². The third kappa shape index (κ3) is 4.69. The van der Waals surface area contributed by atoms with E-state index in [2.05, 4.69) is 10.6 Å². The first-order valence-electron chi connectivity index (χ1n) is 8.98. The van der Waals surface area contributed by atoms with Gasteiger partial charge in [0.2, 0.25) is 0 Å². The van der Waals surface area contributed by atoms with E-state index >= 15 is 0 Å². The maximum absolute atomic E-state index is 12.1. The zero-order chi connectivity index (χ0) is 17.7. The van der Waals surface area contributed by atoms with Gasteiger partial charge < -0.3 is 15.4 Å². The Hall–Kier alpha value is -2.15. The quantitative estimate of drug-likeness (QED) is 0.632. The molecular weight excluding hydrogens is 322 g/mol. The first-order chi connectivity index (χ1) is 12.1. The molecule has 2 fully saturated rings. The van der Waals surface area contributed by atoms with Gasteiger partial charge in [-0.3, -0.25) is 10.1 Å². The molecule has 25 heavy (non-hydrogen) atoms. The second kappa shape index (κ2) is 7.82. The van der Waals surface area contributed by atoms with E-state index in [4.69, 9.17) is 4.74 Å². The van der Waals surface area contributed by atoms with Gasteiger partial charge in [-0.05, 0) is 37.7 Å². The number of urea groups is 1. The van der Waals surface area contributed by atoms with Gasteiger partial charge in [0.15, 0.2) is 0 Å². The molecule has 1 saturated carbocycles. The average Bonchev–Trinajstić information content (AvgIpc) is 3.02. The molecule has 1 aliphatic heterocycles. The van der Waals surface area contributed by atoms with E-state index in [1.165, 1.54) is 18.9 Å². The lowest BCUT2D eigenvalue weighted by Crippen LogP contribution is -2.50. The highest BCUT2D eigenvalue weighted by atomic mass is 16.6. The molecule has 1 atom stereocenters. The van der Waals surface area contributed by atoms with Crippen LogP contribution >= 0.6 is 0 Å². The Morgan fingerprint density at radius 2 is 2.16 bits per heavy atom. The van der Waals surface area contributed by atoms with Gasteiger partial charge in [-0.25, -0.2) is 4.79 Å². The minimum absolute atomic E-state index is 0.0147. The lowest BCUT2D eigenvalue weighted by molar-refractivity contribution is -0.384. The number of amides is 2. The summed E-state index contributed by atoms with van der Waals surface area (Å²) in [6.07, 6.45) is 6.92. The number of carbonyl (C=O) groups excluding carboxylic acids is 1. The van der Waals surface area contributed by atoms with Crippen molar-refractivity contribution in [2.24, 2.45) is 0 Å². The lowest BCUT2D eigenvalue weighted by Gasteiger charge is -2.38. The van der Waals surface area contributed by atoms with Crippen LogP contribution in [0.5, 0.6) is 0 Å². The standard InChI is InChI=1S/C18H25N3O4/c22-17(19-10-6-14-4-3-5-16(12-14)21(23)24)20-15-7-11-25-18(13-15)8-1-2-9-18/h3-5,12,15H,1-2,6-11,13H2,(H2,19,20,22)/t15-/m1/s1. The topological polar surface area (TPSA) is 93.5 Å². The Kier molecular flexibility index (Phi) is 5.53. The third-order valence-electron chi connectivity index (χ3n) is 5.16. The summed E-state index contributed by atoms with van der Waals surface area (Å²) >= 11 is 0. The molecule has 1 saturated heterocycles. The zero-order valence-corrected chi connectivity index (χ0v) is 14.3. The lowest BCUT2D eigenvalue weighted by atomic mass is 9.89. The molecular formula is C18H25N3O4. The van der Waals surface area contributed by atoms with E-state index < -0.39 is 4.92 Å². The Bertz CT molecular complexity index is 629. The van der Waals surface area contributed by atoms with E-state index in [0.29, 0.717) is 19.6 Å². The van der Waals surface area contributed by atoms with E-state index in [0.717, 1.165) is 31.2 Å². The second-order valence-corrected chi connectivity index (χ2v) is 7.01. The highest BCUT2D eigenvalue weighted by Gasteiger charge is 2.40. The zero-order valence-electron chi connectivity index (χ0n) is 14.3. The van der Waals surface area contributed by atoms with Gasteiger partial charge >= 0.3 is 6.03 Å². The number of hydrogen-bond donors (Lipinski definition) is 2. The first-order valence-corrected chi connectivity index (χ1v) is 8.98. The fourth-order valence-electron chi connectivity index (χ4n) is 3.90. The van der Waals surface area contributed by atoms with Gasteiger partial charge in [-0.1, -0.05) is 25.0 Å². The van der Waals surface area contributed by atoms with Crippen LogP contribution < -0.4 is 10.6 Å². The Morgan fingerprint density at radius 3 is 2.92 bits per heavy atom. The molecule has 0 unspecified atom stereocenters. The SMILES string of the molecule is O=C(NCCc1cccc([N+](=O)[O-])c1)N[C@@H]1CCOC2(CCCC2)C1. The number of nitro groups is 1. The third-order valence-corrected chi connectivity index (χ3v) is 5.16. The minimum Gasteiger partial charge on any atom is -0.375 e. The fraction of sp³-hybridized carbons (Fsp3) is 0.611. The van der Waals surface area contributed by atoms with Crippen LogP contribution in [0.1, 0.15) is 44.1 Å². The van der Waals surface area contributed by atoms with Crippen LogP contribution in [0, 0.1) is 10.1 Å². The molecule has 2 N–H and O–H groups in total. The van der Waals surface area contributed by atoms with Gasteiger partial charge in [-0.15, -0.1) is 0 Å². The van der Waals surface area contributed by atoms with Crippen molar-refractivity contribution in [2.75, 3.05) is 13.2 Å². The highest BCUT2D eigenvalue weighted by molar-refractivity contribution is 5.74. The molecule has 1 aromatic carbocycles. The Labute approximate surface area is 147 Å². The molecule has 2 amide bonds. The summed E-state index contributed by atoms with van der Waals surface area (Å²) in [5, 5.41) is 16.7. The average molecular weight is 347 g/mol. The molecule has 136 valence electrons. The van der Waals surface area contributed by atoms with Crippen molar-refractivity contribution in [1.82, 2.24) is 10.6 Å². The fourth-order valence-corrected chi connectivity index (χ4v) is 3.90. The number of rotatable bonds is 5. The number of nitrogens with zero attached hydrogens (tertiary/aromatic N) is 1. The number of hydrogen-bond acceptors (Lipinski definition) is 4. The predicted octanol–water partition coefficient (Wildman–Crippen LogP) is 2.93. The first kappa shape index (κ1) is 17.7. The minimum atomic E-state index is -0.409. The molecule has 1 aromatic rings. The van der Waals surface area contributed by atoms with E-state index in [9.17, 15) is 14.9 Å². The van der Waals surface area contributed by atoms with Crippen LogP contribution in [0.3, 0.4) is 0 Å². The highest BCUT2D eigenvalue weighted by Crippen LogP contribution is 2.39. The van der Waals surface area contributed by atoms with Crippen LogP contribution in [0.15, 0.2) is 24.3 Å². The summed E-state index contributed by atoms with van der Waals surface area (Å²) in [6, 6.07) is 6.48. The number of carbonyl (C=O) groups is 1. The Morgan fingerprint density at radius 1 is 1.36 bits per heavy atom. The van der Waals surface area contributed by atoms with E-state index in [-0.39, 0.29) is 23.4 Å². The number of non-ortho nitro benzene ring substituents is 1. The van der Waals surface area contributed by atoms with Crippen molar-refractivity contribution >= 4 is 11.7 Å².